The molecule has 0 aliphatic heterocycles. The molecule has 1 aromatic heterocycles. The molecule has 1 atom stereocenters. The van der Waals surface area contributed by atoms with Gasteiger partial charge in [0.2, 0.25) is 0 Å². The predicted octanol–water partition coefficient (Wildman–Crippen LogP) is 1.11. The number of nitrogens with one attached hydrogen (secondary N) is 2. The van der Waals surface area contributed by atoms with E-state index in [0.29, 0.717) is 13.0 Å². The predicted molar refractivity (Wildman–Crippen MR) is 79.7 cm³/mol. The number of carbonyl (C=O) groups excluding carboxylic acids is 1. The van der Waals surface area contributed by atoms with Crippen molar-refractivity contribution >= 4 is 11.8 Å². The first-order valence-electron chi connectivity index (χ1n) is 6.85. The Hall–Kier alpha value is -1.82. The van der Waals surface area contributed by atoms with Crippen LogP contribution in [0.4, 0.5) is 10.6 Å². The molecule has 0 spiro atoms. The van der Waals surface area contributed by atoms with Crippen molar-refractivity contribution < 1.29 is 9.90 Å². The Kier molecular flexibility index (Phi) is 6.79. The lowest BCUT2D eigenvalue weighted by molar-refractivity contribution is 0.227. The summed E-state index contributed by atoms with van der Waals surface area (Å²) in [7, 11) is 3.85. The van der Waals surface area contributed by atoms with Crippen LogP contribution in [-0.4, -0.2) is 42.9 Å². The number of urea groups is 1. The van der Waals surface area contributed by atoms with Crippen molar-refractivity contribution in [2.75, 3.05) is 25.6 Å². The molecule has 0 fully saturated rings. The molecule has 0 aromatic carbocycles. The molecular weight excluding hydrogens is 256 g/mol. The normalized spacial score (nSPS) is 11.8. The third-order valence-electron chi connectivity index (χ3n) is 2.99. The van der Waals surface area contributed by atoms with Gasteiger partial charge in [-0.3, -0.25) is 0 Å². The fourth-order valence-corrected chi connectivity index (χ4v) is 1.76. The summed E-state index contributed by atoms with van der Waals surface area (Å²) in [4.78, 5) is 18.1. The van der Waals surface area contributed by atoms with Crippen LogP contribution in [0.3, 0.4) is 0 Å². The minimum atomic E-state index is -0.234. The van der Waals surface area contributed by atoms with Gasteiger partial charge < -0.3 is 20.6 Å². The maximum absolute atomic E-state index is 11.7. The zero-order chi connectivity index (χ0) is 15.0. The molecule has 0 bridgehead atoms. The summed E-state index contributed by atoms with van der Waals surface area (Å²) in [6.07, 6.45) is 1.36. The molecule has 1 rings (SSSR count). The highest BCUT2D eigenvalue weighted by Gasteiger charge is 2.09. The number of amides is 2. The van der Waals surface area contributed by atoms with Crippen LogP contribution in [0.25, 0.3) is 0 Å². The van der Waals surface area contributed by atoms with Gasteiger partial charge in [-0.2, -0.15) is 0 Å². The largest absolute Gasteiger partial charge is 0.396 e. The summed E-state index contributed by atoms with van der Waals surface area (Å²) in [6, 6.07) is 5.47. The van der Waals surface area contributed by atoms with E-state index < -0.39 is 0 Å². The van der Waals surface area contributed by atoms with Gasteiger partial charge in [0.25, 0.3) is 0 Å². The highest BCUT2D eigenvalue weighted by atomic mass is 16.3. The summed E-state index contributed by atoms with van der Waals surface area (Å²) in [5.41, 5.74) is 0.807. The maximum Gasteiger partial charge on any atom is 0.315 e. The molecule has 0 saturated heterocycles. The highest BCUT2D eigenvalue weighted by molar-refractivity contribution is 5.74. The van der Waals surface area contributed by atoms with E-state index in [9.17, 15) is 4.79 Å². The molecule has 6 heteroatoms. The van der Waals surface area contributed by atoms with E-state index in [2.05, 4.69) is 15.6 Å². The van der Waals surface area contributed by atoms with Crippen LogP contribution in [0.5, 0.6) is 0 Å². The second-order valence-electron chi connectivity index (χ2n) is 4.83. The SMILES string of the molecule is CCC(CCO)NC(=O)NCc1cccc(N(C)C)n1. The number of hydrogen-bond acceptors (Lipinski definition) is 4. The lowest BCUT2D eigenvalue weighted by Gasteiger charge is -2.16. The first-order valence-corrected chi connectivity index (χ1v) is 6.85. The molecule has 0 saturated carbocycles. The van der Waals surface area contributed by atoms with Gasteiger partial charge in [0, 0.05) is 26.7 Å². The van der Waals surface area contributed by atoms with E-state index in [-0.39, 0.29) is 18.7 Å². The number of pyridine rings is 1. The van der Waals surface area contributed by atoms with Gasteiger partial charge in [0.05, 0.1) is 12.2 Å². The van der Waals surface area contributed by atoms with E-state index in [0.717, 1.165) is 17.9 Å². The monoisotopic (exact) mass is 280 g/mol. The lowest BCUT2D eigenvalue weighted by Crippen LogP contribution is -2.42. The first kappa shape index (κ1) is 16.2. The molecule has 1 aromatic rings. The Morgan fingerprint density at radius 1 is 1.45 bits per heavy atom. The fraction of sp³-hybridized carbons (Fsp3) is 0.571. The first-order chi connectivity index (χ1) is 9.56. The maximum atomic E-state index is 11.7. The number of anilines is 1. The van der Waals surface area contributed by atoms with Gasteiger partial charge in [-0.1, -0.05) is 13.0 Å². The standard InChI is InChI=1S/C14H24N4O2/c1-4-11(8-9-19)17-14(20)15-10-12-6-5-7-13(16-12)18(2)3/h5-7,11,19H,4,8-10H2,1-3H3,(H2,15,17,20). The third-order valence-corrected chi connectivity index (χ3v) is 2.99. The van der Waals surface area contributed by atoms with E-state index >= 15 is 0 Å². The van der Waals surface area contributed by atoms with Crippen molar-refractivity contribution in [1.29, 1.82) is 0 Å². The van der Waals surface area contributed by atoms with Crippen LogP contribution < -0.4 is 15.5 Å². The zero-order valence-electron chi connectivity index (χ0n) is 12.4. The summed E-state index contributed by atoms with van der Waals surface area (Å²) in [6.45, 7) is 2.43. The van der Waals surface area contributed by atoms with E-state index in [1.54, 1.807) is 0 Å². The summed E-state index contributed by atoms with van der Waals surface area (Å²) < 4.78 is 0. The van der Waals surface area contributed by atoms with Crippen LogP contribution in [0.15, 0.2) is 18.2 Å². The van der Waals surface area contributed by atoms with Crippen molar-refractivity contribution in [3.05, 3.63) is 23.9 Å². The van der Waals surface area contributed by atoms with E-state index in [1.807, 2.05) is 44.1 Å². The second-order valence-corrected chi connectivity index (χ2v) is 4.83. The summed E-state index contributed by atoms with van der Waals surface area (Å²) >= 11 is 0. The molecule has 112 valence electrons. The Balaban J connectivity index is 2.46. The molecule has 0 aliphatic rings. The third kappa shape index (κ3) is 5.44. The van der Waals surface area contributed by atoms with Crippen molar-refractivity contribution in [3.63, 3.8) is 0 Å². The molecule has 1 unspecified atom stereocenters. The Morgan fingerprint density at radius 3 is 2.80 bits per heavy atom. The van der Waals surface area contributed by atoms with Crippen LogP contribution in [0, 0.1) is 0 Å². The number of carbonyl (C=O) groups is 1. The lowest BCUT2D eigenvalue weighted by atomic mass is 10.2. The van der Waals surface area contributed by atoms with Gasteiger partial charge in [-0.05, 0) is 25.0 Å². The molecule has 3 N–H and O–H groups in total. The summed E-state index contributed by atoms with van der Waals surface area (Å²) in [5, 5.41) is 14.5. The van der Waals surface area contributed by atoms with Gasteiger partial charge in [0.15, 0.2) is 0 Å². The molecule has 20 heavy (non-hydrogen) atoms. The number of aromatic nitrogens is 1. The average Bonchev–Trinajstić information content (AvgIpc) is 2.45. The van der Waals surface area contributed by atoms with Gasteiger partial charge in [0.1, 0.15) is 5.82 Å². The summed E-state index contributed by atoms with van der Waals surface area (Å²) in [5.74, 6) is 0.858. The molecule has 6 nitrogen and oxygen atoms in total. The van der Waals surface area contributed by atoms with Crippen molar-refractivity contribution in [2.45, 2.75) is 32.4 Å². The molecule has 1 heterocycles. The number of aliphatic hydroxyl groups is 1. The smallest absolute Gasteiger partial charge is 0.315 e. The Bertz CT molecular complexity index is 423. The Labute approximate surface area is 120 Å². The van der Waals surface area contributed by atoms with Crippen molar-refractivity contribution in [2.24, 2.45) is 0 Å². The Morgan fingerprint density at radius 2 is 2.20 bits per heavy atom. The fourth-order valence-electron chi connectivity index (χ4n) is 1.76. The molecular formula is C14H24N4O2. The second kappa shape index (κ2) is 8.37. The van der Waals surface area contributed by atoms with Crippen molar-refractivity contribution in [1.82, 2.24) is 15.6 Å². The quantitative estimate of drug-likeness (QED) is 0.699. The highest BCUT2D eigenvalue weighted by Crippen LogP contribution is 2.07. The molecule has 0 aliphatic carbocycles. The van der Waals surface area contributed by atoms with E-state index in [4.69, 9.17) is 5.11 Å². The number of aliphatic hydroxyl groups excluding tert-OH is 1. The number of rotatable bonds is 7. The van der Waals surface area contributed by atoms with Gasteiger partial charge in [-0.15, -0.1) is 0 Å². The molecule has 2 amide bonds. The van der Waals surface area contributed by atoms with Gasteiger partial charge in [-0.25, -0.2) is 9.78 Å². The number of hydrogen-bond donors (Lipinski definition) is 3. The topological polar surface area (TPSA) is 77.5 Å². The molecule has 0 radical (unpaired) electrons. The van der Waals surface area contributed by atoms with Gasteiger partial charge >= 0.3 is 6.03 Å². The number of nitrogens with zero attached hydrogens (tertiary/aromatic N) is 2. The minimum absolute atomic E-state index is 0.000989. The zero-order valence-corrected chi connectivity index (χ0v) is 12.4. The minimum Gasteiger partial charge on any atom is -0.396 e. The van der Waals surface area contributed by atoms with E-state index in [1.165, 1.54) is 0 Å². The van der Waals surface area contributed by atoms with Crippen LogP contribution >= 0.6 is 0 Å². The average molecular weight is 280 g/mol. The van der Waals surface area contributed by atoms with Crippen molar-refractivity contribution in [3.8, 4) is 0 Å². The van der Waals surface area contributed by atoms with Crippen LogP contribution in [0.1, 0.15) is 25.5 Å². The van der Waals surface area contributed by atoms with Crippen LogP contribution in [-0.2, 0) is 6.54 Å². The van der Waals surface area contributed by atoms with Crippen LogP contribution in [0.2, 0.25) is 0 Å².